The van der Waals surface area contributed by atoms with Crippen LogP contribution in [0.5, 0.6) is 0 Å². The van der Waals surface area contributed by atoms with Gasteiger partial charge in [-0.3, -0.25) is 0 Å². The van der Waals surface area contributed by atoms with Crippen LogP contribution >= 0.6 is 0 Å². The van der Waals surface area contributed by atoms with Crippen molar-refractivity contribution in [1.29, 1.82) is 0 Å². The van der Waals surface area contributed by atoms with Gasteiger partial charge in [-0.1, -0.05) is 6.92 Å². The number of carbonyl (C=O) groups excluding carboxylic acids is 1. The SMILES string of the molecule is CCS(=O)(=O)[C@@H]1C[C@@]1(CN)NC(=O)OC(C)(C)C. The fourth-order valence-electron chi connectivity index (χ4n) is 1.85. The molecule has 0 unspecified atom stereocenters. The van der Waals surface area contributed by atoms with E-state index < -0.39 is 32.3 Å². The van der Waals surface area contributed by atoms with Crippen LogP contribution in [0.4, 0.5) is 4.79 Å². The number of carbonyl (C=O) groups is 1. The minimum Gasteiger partial charge on any atom is -0.444 e. The maximum absolute atomic E-state index is 11.8. The normalized spacial score (nSPS) is 27.7. The molecule has 1 aliphatic carbocycles. The highest BCUT2D eigenvalue weighted by atomic mass is 32.2. The lowest BCUT2D eigenvalue weighted by atomic mass is 10.2. The van der Waals surface area contributed by atoms with Gasteiger partial charge in [-0.2, -0.15) is 0 Å². The predicted molar refractivity (Wildman–Crippen MR) is 69.0 cm³/mol. The molecule has 1 amide bonds. The Labute approximate surface area is 108 Å². The summed E-state index contributed by atoms with van der Waals surface area (Å²) in [5.74, 6) is 0.0510. The van der Waals surface area contributed by atoms with Gasteiger partial charge in [0.25, 0.3) is 0 Å². The summed E-state index contributed by atoms with van der Waals surface area (Å²) >= 11 is 0. The summed E-state index contributed by atoms with van der Waals surface area (Å²) in [6, 6.07) is 0. The lowest BCUT2D eigenvalue weighted by Crippen LogP contribution is -2.48. The number of hydrogen-bond donors (Lipinski definition) is 2. The summed E-state index contributed by atoms with van der Waals surface area (Å²) in [7, 11) is -3.18. The molecule has 0 bridgehead atoms. The Kier molecular flexibility index (Phi) is 3.97. The molecule has 18 heavy (non-hydrogen) atoms. The van der Waals surface area contributed by atoms with Gasteiger partial charge in [0.15, 0.2) is 9.84 Å². The van der Waals surface area contributed by atoms with Crippen molar-refractivity contribution in [3.8, 4) is 0 Å². The van der Waals surface area contributed by atoms with Crippen LogP contribution < -0.4 is 11.1 Å². The Morgan fingerprint density at radius 2 is 2.06 bits per heavy atom. The number of nitrogens with one attached hydrogen (secondary N) is 1. The van der Waals surface area contributed by atoms with Crippen LogP contribution in [0.15, 0.2) is 0 Å². The van der Waals surface area contributed by atoms with Crippen LogP contribution in [0.1, 0.15) is 34.1 Å². The summed E-state index contributed by atoms with van der Waals surface area (Å²) in [6.45, 7) is 6.91. The van der Waals surface area contributed by atoms with Crippen molar-refractivity contribution in [3.63, 3.8) is 0 Å². The average Bonchev–Trinajstić information content (AvgIpc) is 2.91. The van der Waals surface area contributed by atoms with Gasteiger partial charge in [-0.15, -0.1) is 0 Å². The Morgan fingerprint density at radius 3 is 2.44 bits per heavy atom. The summed E-state index contributed by atoms with van der Waals surface area (Å²) in [5, 5.41) is 2.01. The molecule has 0 aromatic carbocycles. The zero-order valence-electron chi connectivity index (χ0n) is 11.3. The second kappa shape index (κ2) is 4.70. The van der Waals surface area contributed by atoms with E-state index in [0.717, 1.165) is 0 Å². The summed E-state index contributed by atoms with van der Waals surface area (Å²) in [6.07, 6.45) is -0.263. The number of sulfone groups is 1. The molecule has 3 N–H and O–H groups in total. The molecule has 6 nitrogen and oxygen atoms in total. The molecule has 0 heterocycles. The molecule has 0 aromatic heterocycles. The number of hydrogen-bond acceptors (Lipinski definition) is 5. The van der Waals surface area contributed by atoms with E-state index in [1.165, 1.54) is 0 Å². The van der Waals surface area contributed by atoms with Crippen LogP contribution in [0.3, 0.4) is 0 Å². The lowest BCUT2D eigenvalue weighted by molar-refractivity contribution is 0.0499. The van der Waals surface area contributed by atoms with Gasteiger partial charge in [0.05, 0.1) is 10.8 Å². The first-order chi connectivity index (χ1) is 8.06. The third-order valence-corrected chi connectivity index (χ3v) is 5.25. The molecular weight excluding hydrogens is 256 g/mol. The fourth-order valence-corrected chi connectivity index (χ4v) is 3.64. The summed E-state index contributed by atoms with van der Waals surface area (Å²) in [5.41, 5.74) is 4.12. The van der Waals surface area contributed by atoms with Crippen LogP contribution in [-0.4, -0.2) is 43.2 Å². The van der Waals surface area contributed by atoms with E-state index in [0.29, 0.717) is 6.42 Å². The fraction of sp³-hybridized carbons (Fsp3) is 0.909. The second-order valence-corrected chi connectivity index (χ2v) is 8.10. The molecule has 0 aliphatic heterocycles. The quantitative estimate of drug-likeness (QED) is 0.776. The van der Waals surface area contributed by atoms with Gasteiger partial charge in [0, 0.05) is 12.3 Å². The van der Waals surface area contributed by atoms with Crippen molar-refractivity contribution in [2.75, 3.05) is 12.3 Å². The third-order valence-electron chi connectivity index (χ3n) is 2.96. The zero-order valence-corrected chi connectivity index (χ0v) is 12.1. The molecule has 0 spiro atoms. The minimum atomic E-state index is -3.18. The molecule has 1 aliphatic rings. The Bertz CT molecular complexity index is 427. The summed E-state index contributed by atoms with van der Waals surface area (Å²) < 4.78 is 28.6. The first-order valence-corrected chi connectivity index (χ1v) is 7.70. The van der Waals surface area contributed by atoms with Gasteiger partial charge < -0.3 is 15.8 Å². The predicted octanol–water partition coefficient (Wildman–Crippen LogP) is 0.416. The van der Waals surface area contributed by atoms with Crippen molar-refractivity contribution in [2.24, 2.45) is 5.73 Å². The molecule has 0 aromatic rings. The van der Waals surface area contributed by atoms with Crippen molar-refractivity contribution >= 4 is 15.9 Å². The molecule has 2 atom stereocenters. The van der Waals surface area contributed by atoms with E-state index in [4.69, 9.17) is 10.5 Å². The van der Waals surface area contributed by atoms with Crippen molar-refractivity contribution in [2.45, 2.75) is 50.5 Å². The molecule has 1 rings (SSSR count). The number of ether oxygens (including phenoxy) is 1. The number of nitrogens with two attached hydrogens (primary N) is 1. The second-order valence-electron chi connectivity index (χ2n) is 5.63. The van der Waals surface area contributed by atoms with Gasteiger partial charge in [-0.05, 0) is 27.2 Å². The van der Waals surface area contributed by atoms with Crippen LogP contribution in [0, 0.1) is 0 Å². The standard InChI is InChI=1S/C11H22N2O4S/c1-5-18(15,16)8-6-11(8,7-12)13-9(14)17-10(2,3)4/h8H,5-7,12H2,1-4H3,(H,13,14)/t8-,11+/m1/s1. The molecule has 1 saturated carbocycles. The third kappa shape index (κ3) is 3.35. The van der Waals surface area contributed by atoms with E-state index in [9.17, 15) is 13.2 Å². The molecule has 7 heteroatoms. The zero-order chi connectivity index (χ0) is 14.2. The monoisotopic (exact) mass is 278 g/mol. The number of rotatable bonds is 4. The Hall–Kier alpha value is -0.820. The largest absolute Gasteiger partial charge is 0.444 e. The smallest absolute Gasteiger partial charge is 0.408 e. The first kappa shape index (κ1) is 15.2. The highest BCUT2D eigenvalue weighted by molar-refractivity contribution is 7.92. The Morgan fingerprint density at radius 1 is 1.50 bits per heavy atom. The molecule has 1 fully saturated rings. The van der Waals surface area contributed by atoms with E-state index in [-0.39, 0.29) is 12.3 Å². The van der Waals surface area contributed by atoms with Crippen molar-refractivity contribution < 1.29 is 17.9 Å². The first-order valence-electron chi connectivity index (χ1n) is 5.99. The average molecular weight is 278 g/mol. The summed E-state index contributed by atoms with van der Waals surface area (Å²) in [4.78, 5) is 11.7. The molecule has 0 saturated heterocycles. The maximum Gasteiger partial charge on any atom is 0.408 e. The topological polar surface area (TPSA) is 98.5 Å². The maximum atomic E-state index is 11.8. The van der Waals surface area contributed by atoms with Crippen LogP contribution in [0.2, 0.25) is 0 Å². The highest BCUT2D eigenvalue weighted by Crippen LogP contribution is 2.41. The highest BCUT2D eigenvalue weighted by Gasteiger charge is 2.61. The van der Waals surface area contributed by atoms with E-state index in [2.05, 4.69) is 5.32 Å². The molecular formula is C11H22N2O4S. The van der Waals surface area contributed by atoms with Gasteiger partial charge in [-0.25, -0.2) is 13.2 Å². The molecule has 0 radical (unpaired) electrons. The number of amides is 1. The lowest BCUT2D eigenvalue weighted by Gasteiger charge is -2.23. The van der Waals surface area contributed by atoms with Gasteiger partial charge in [0.2, 0.25) is 0 Å². The van der Waals surface area contributed by atoms with Crippen molar-refractivity contribution in [3.05, 3.63) is 0 Å². The molecule has 106 valence electrons. The minimum absolute atomic E-state index is 0.0510. The van der Waals surface area contributed by atoms with E-state index >= 15 is 0 Å². The van der Waals surface area contributed by atoms with Crippen LogP contribution in [-0.2, 0) is 14.6 Å². The van der Waals surface area contributed by atoms with E-state index in [1.54, 1.807) is 27.7 Å². The van der Waals surface area contributed by atoms with Crippen molar-refractivity contribution in [1.82, 2.24) is 5.32 Å². The Balaban J connectivity index is 2.69. The number of alkyl carbamates (subject to hydrolysis) is 1. The van der Waals surface area contributed by atoms with Gasteiger partial charge in [0.1, 0.15) is 5.60 Å². The van der Waals surface area contributed by atoms with Gasteiger partial charge >= 0.3 is 6.09 Å². The van der Waals surface area contributed by atoms with E-state index in [1.807, 2.05) is 0 Å². The van der Waals surface area contributed by atoms with Crippen LogP contribution in [0.25, 0.3) is 0 Å².